The Hall–Kier alpha value is -7.72. The molecule has 5 heterocycles. The molecule has 0 fully saturated rings. The average Bonchev–Trinajstić information content (AvgIpc) is 4.04. The molecule has 258 valence electrons. The first-order chi connectivity index (χ1) is 26.6. The zero-order valence-electron chi connectivity index (χ0n) is 28.4. The van der Waals surface area contributed by atoms with Gasteiger partial charge in [0.15, 0.2) is 0 Å². The molecule has 2 aliphatic rings. The summed E-state index contributed by atoms with van der Waals surface area (Å²) in [5.41, 5.74) is 11.4. The molecule has 0 spiro atoms. The fourth-order valence-corrected chi connectivity index (χ4v) is 6.48. The first-order valence-corrected chi connectivity index (χ1v) is 17.1. The third-order valence-corrected chi connectivity index (χ3v) is 9.04. The van der Waals surface area contributed by atoms with Gasteiger partial charge in [0, 0.05) is 33.2 Å². The standard InChI is InChI=1S/C44H28N6O4/c51-49-29-5-17-37(18-6-29)53-35-13-1-27(2-14-35)43-39-21-9-31(45-39)25-33-11-23-41(47-33)44(42-24-12-34(48-42)26-32-10-22-40(43)46-32)28-3-15-36(16-4-28)54-38-19-7-30(50-52)8-20-38/h1-26,45,48H. The van der Waals surface area contributed by atoms with Gasteiger partial charge in [0.25, 0.3) is 0 Å². The molecule has 0 amide bonds. The summed E-state index contributed by atoms with van der Waals surface area (Å²) in [6.07, 6.45) is 8.08. The van der Waals surface area contributed by atoms with Crippen LogP contribution in [0.1, 0.15) is 22.8 Å². The fraction of sp³-hybridized carbons (Fsp3) is 0. The number of benzene rings is 4. The van der Waals surface area contributed by atoms with E-state index in [1.54, 1.807) is 48.5 Å². The lowest BCUT2D eigenvalue weighted by Crippen LogP contribution is -1.88. The Balaban J connectivity index is 1.12. The molecular formula is C44H28N6O4. The Labute approximate surface area is 308 Å². The largest absolute Gasteiger partial charge is 0.457 e. The summed E-state index contributed by atoms with van der Waals surface area (Å²) in [4.78, 5) is 38.9. The second-order valence-electron chi connectivity index (χ2n) is 12.6. The molecule has 3 aromatic heterocycles. The summed E-state index contributed by atoms with van der Waals surface area (Å²) >= 11 is 0. The maximum absolute atomic E-state index is 10.8. The Morgan fingerprint density at radius 1 is 0.426 bits per heavy atom. The van der Waals surface area contributed by atoms with E-state index in [0.29, 0.717) is 34.4 Å². The van der Waals surface area contributed by atoms with Crippen LogP contribution in [0.4, 0.5) is 11.4 Å². The van der Waals surface area contributed by atoms with Crippen LogP contribution < -0.4 is 9.47 Å². The monoisotopic (exact) mass is 704 g/mol. The van der Waals surface area contributed by atoms with Crippen molar-refractivity contribution in [2.45, 2.75) is 0 Å². The number of hydrogen-bond acceptors (Lipinski definition) is 8. The predicted octanol–water partition coefficient (Wildman–Crippen LogP) is 12.4. The van der Waals surface area contributed by atoms with Gasteiger partial charge in [0.05, 0.1) is 22.8 Å². The van der Waals surface area contributed by atoms with Crippen LogP contribution in [-0.4, -0.2) is 19.9 Å². The number of rotatable bonds is 8. The van der Waals surface area contributed by atoms with Gasteiger partial charge in [0.1, 0.15) is 34.4 Å². The molecule has 7 aromatic rings. The maximum Gasteiger partial charge on any atom is 0.127 e. The molecule has 10 nitrogen and oxygen atoms in total. The van der Waals surface area contributed by atoms with Crippen LogP contribution in [0.25, 0.3) is 68.6 Å². The molecule has 0 aliphatic carbocycles. The summed E-state index contributed by atoms with van der Waals surface area (Å²) in [5.74, 6) is 2.53. The third-order valence-electron chi connectivity index (χ3n) is 9.04. The summed E-state index contributed by atoms with van der Waals surface area (Å²) < 4.78 is 12.0. The van der Waals surface area contributed by atoms with E-state index in [1.165, 1.54) is 0 Å². The van der Waals surface area contributed by atoms with Crippen LogP contribution in [0.2, 0.25) is 0 Å². The van der Waals surface area contributed by atoms with E-state index in [-0.39, 0.29) is 0 Å². The highest BCUT2D eigenvalue weighted by molar-refractivity contribution is 5.93. The molecule has 0 atom stereocenters. The highest BCUT2D eigenvalue weighted by Crippen LogP contribution is 2.35. The zero-order valence-corrected chi connectivity index (χ0v) is 28.4. The topological polar surface area (TPSA) is 135 Å². The van der Waals surface area contributed by atoms with Crippen molar-refractivity contribution in [3.63, 3.8) is 0 Å². The molecule has 0 unspecified atom stereocenters. The minimum absolute atomic E-state index is 0.346. The van der Waals surface area contributed by atoms with E-state index in [0.717, 1.165) is 67.1 Å². The molecule has 9 rings (SSSR count). The highest BCUT2D eigenvalue weighted by Gasteiger charge is 2.14. The smallest absolute Gasteiger partial charge is 0.127 e. The number of aromatic nitrogens is 4. The maximum atomic E-state index is 10.8. The SMILES string of the molecule is O=Nc1ccc(Oc2ccc(-c3c4nc(cc5ccc([nH]5)c(-c5ccc(Oc6ccc(N=O)cc6)cc5)c5nc(cc6ccc3[nH]6)C=C5)C=C4)cc2)cc1. The zero-order chi connectivity index (χ0) is 36.4. The lowest BCUT2D eigenvalue weighted by atomic mass is 10.0. The van der Waals surface area contributed by atoms with E-state index in [4.69, 9.17) is 19.4 Å². The van der Waals surface area contributed by atoms with E-state index in [1.807, 2.05) is 97.1 Å². The molecule has 2 N–H and O–H groups in total. The van der Waals surface area contributed by atoms with Crippen LogP contribution in [0.3, 0.4) is 0 Å². The second-order valence-corrected chi connectivity index (χ2v) is 12.6. The van der Waals surface area contributed by atoms with Gasteiger partial charge in [-0.05, 0) is 155 Å². The first kappa shape index (κ1) is 32.2. The van der Waals surface area contributed by atoms with E-state index in [9.17, 15) is 9.81 Å². The average molecular weight is 705 g/mol. The van der Waals surface area contributed by atoms with Gasteiger partial charge < -0.3 is 19.4 Å². The Kier molecular flexibility index (Phi) is 8.22. The van der Waals surface area contributed by atoms with Gasteiger partial charge in [-0.15, -0.1) is 9.81 Å². The Bertz CT molecular complexity index is 2590. The summed E-state index contributed by atoms with van der Waals surface area (Å²) in [7, 11) is 0. The summed E-state index contributed by atoms with van der Waals surface area (Å²) in [6.45, 7) is 0. The van der Waals surface area contributed by atoms with E-state index < -0.39 is 0 Å². The number of aromatic amines is 2. The predicted molar refractivity (Wildman–Crippen MR) is 214 cm³/mol. The highest BCUT2D eigenvalue weighted by atomic mass is 16.5. The second kappa shape index (κ2) is 13.8. The molecule has 0 radical (unpaired) electrons. The minimum atomic E-state index is 0.346. The number of nitrogens with one attached hydrogen (secondary N) is 2. The van der Waals surface area contributed by atoms with Crippen molar-refractivity contribution in [3.05, 3.63) is 166 Å². The van der Waals surface area contributed by atoms with Crippen LogP contribution in [0.5, 0.6) is 23.0 Å². The van der Waals surface area contributed by atoms with Crippen LogP contribution in [-0.2, 0) is 0 Å². The molecule has 8 bridgehead atoms. The van der Waals surface area contributed by atoms with Crippen molar-refractivity contribution in [3.8, 4) is 45.3 Å². The third kappa shape index (κ3) is 6.58. The van der Waals surface area contributed by atoms with Crippen molar-refractivity contribution in [2.24, 2.45) is 10.4 Å². The van der Waals surface area contributed by atoms with Crippen LogP contribution in [0, 0.1) is 9.81 Å². The lowest BCUT2D eigenvalue weighted by molar-refractivity contribution is 0.482. The van der Waals surface area contributed by atoms with Crippen molar-refractivity contribution in [2.75, 3.05) is 0 Å². The number of nitrogens with zero attached hydrogens (tertiary/aromatic N) is 4. The minimum Gasteiger partial charge on any atom is -0.457 e. The quantitative estimate of drug-likeness (QED) is 0.151. The summed E-state index contributed by atoms with van der Waals surface area (Å²) in [6, 6.07) is 41.2. The number of fused-ring (bicyclic) bond motifs is 8. The molecular weight excluding hydrogens is 677 g/mol. The molecule has 0 saturated carbocycles. The van der Waals surface area contributed by atoms with Crippen LogP contribution in [0.15, 0.2) is 144 Å². The number of H-pyrrole nitrogens is 2. The van der Waals surface area contributed by atoms with Gasteiger partial charge >= 0.3 is 0 Å². The Morgan fingerprint density at radius 3 is 1.17 bits per heavy atom. The van der Waals surface area contributed by atoms with E-state index in [2.05, 4.69) is 32.5 Å². The summed E-state index contributed by atoms with van der Waals surface area (Å²) in [5, 5.41) is 5.90. The van der Waals surface area contributed by atoms with Crippen molar-refractivity contribution in [1.82, 2.24) is 19.9 Å². The van der Waals surface area contributed by atoms with Gasteiger partial charge in [-0.2, -0.15) is 0 Å². The number of nitroso groups, excluding NO2 is 2. The van der Waals surface area contributed by atoms with Gasteiger partial charge in [-0.1, -0.05) is 24.3 Å². The first-order valence-electron chi connectivity index (χ1n) is 17.1. The van der Waals surface area contributed by atoms with E-state index >= 15 is 0 Å². The van der Waals surface area contributed by atoms with Crippen molar-refractivity contribution in [1.29, 1.82) is 0 Å². The van der Waals surface area contributed by atoms with Crippen molar-refractivity contribution >= 4 is 57.7 Å². The van der Waals surface area contributed by atoms with Crippen molar-refractivity contribution < 1.29 is 9.47 Å². The molecule has 10 heteroatoms. The number of ether oxygens (including phenoxy) is 2. The lowest BCUT2D eigenvalue weighted by Gasteiger charge is -2.08. The molecule has 0 saturated heterocycles. The molecule has 4 aromatic carbocycles. The fourth-order valence-electron chi connectivity index (χ4n) is 6.48. The van der Waals surface area contributed by atoms with Crippen LogP contribution >= 0.6 is 0 Å². The van der Waals surface area contributed by atoms with Gasteiger partial charge in [-0.3, -0.25) is 0 Å². The number of hydrogen-bond donors (Lipinski definition) is 2. The molecule has 54 heavy (non-hydrogen) atoms. The normalized spacial score (nSPS) is 11.7. The van der Waals surface area contributed by atoms with Gasteiger partial charge in [0.2, 0.25) is 0 Å². The van der Waals surface area contributed by atoms with Gasteiger partial charge in [-0.25, -0.2) is 9.97 Å². The Morgan fingerprint density at radius 2 is 0.796 bits per heavy atom. The molecule has 2 aliphatic heterocycles.